The van der Waals surface area contributed by atoms with Crippen LogP contribution in [0, 0.1) is 5.92 Å². The summed E-state index contributed by atoms with van der Waals surface area (Å²) < 4.78 is 0. The van der Waals surface area contributed by atoms with Crippen LogP contribution in [0.25, 0.3) is 0 Å². The largest absolute Gasteiger partial charge is 0.395 e. The smallest absolute Gasteiger partial charge is 0.0558 e. The minimum absolute atomic E-state index is 0.307. The van der Waals surface area contributed by atoms with Crippen molar-refractivity contribution < 1.29 is 5.11 Å². The summed E-state index contributed by atoms with van der Waals surface area (Å²) in [6.07, 6.45) is 1.31. The molecule has 0 aliphatic carbocycles. The van der Waals surface area contributed by atoms with Crippen LogP contribution in [0.2, 0.25) is 0 Å². The molecule has 4 heteroatoms. The number of nitrogens with zero attached hydrogens (tertiary/aromatic N) is 3. The Labute approximate surface area is 98.8 Å². The highest BCUT2D eigenvalue weighted by atomic mass is 16.3. The van der Waals surface area contributed by atoms with Gasteiger partial charge in [0.2, 0.25) is 0 Å². The quantitative estimate of drug-likeness (QED) is 0.704. The monoisotopic (exact) mass is 227 g/mol. The first-order valence-corrected chi connectivity index (χ1v) is 6.52. The Morgan fingerprint density at radius 2 is 1.81 bits per heavy atom. The molecule has 2 fully saturated rings. The maximum Gasteiger partial charge on any atom is 0.0558 e. The van der Waals surface area contributed by atoms with Crippen molar-refractivity contribution in [2.75, 3.05) is 66.0 Å². The SMILES string of the molecule is CN1CCN(C[C@@H]2CCN(CCO)C2)CC1. The Kier molecular flexibility index (Phi) is 4.58. The number of aliphatic hydroxyl groups is 1. The third kappa shape index (κ3) is 3.42. The number of hydrogen-bond donors (Lipinski definition) is 1. The van der Waals surface area contributed by atoms with Gasteiger partial charge in [0.1, 0.15) is 0 Å². The van der Waals surface area contributed by atoms with E-state index >= 15 is 0 Å². The minimum atomic E-state index is 0.307. The molecule has 0 unspecified atom stereocenters. The molecule has 2 aliphatic heterocycles. The van der Waals surface area contributed by atoms with Crippen molar-refractivity contribution in [2.24, 2.45) is 5.92 Å². The highest BCUT2D eigenvalue weighted by Gasteiger charge is 2.25. The van der Waals surface area contributed by atoms with Crippen LogP contribution < -0.4 is 0 Å². The molecule has 1 N–H and O–H groups in total. The second-order valence-electron chi connectivity index (χ2n) is 5.28. The number of β-amino-alcohol motifs (C(OH)–C–C–N with tert-alkyl or cyclic N) is 1. The first-order valence-electron chi connectivity index (χ1n) is 6.52. The Morgan fingerprint density at radius 1 is 1.06 bits per heavy atom. The van der Waals surface area contributed by atoms with Gasteiger partial charge in [0, 0.05) is 45.8 Å². The predicted octanol–water partition coefficient (Wildman–Crippen LogP) is -0.452. The average molecular weight is 227 g/mol. The fourth-order valence-electron chi connectivity index (χ4n) is 2.80. The van der Waals surface area contributed by atoms with Gasteiger partial charge >= 0.3 is 0 Å². The minimum Gasteiger partial charge on any atom is -0.395 e. The van der Waals surface area contributed by atoms with Gasteiger partial charge in [-0.3, -0.25) is 0 Å². The molecular formula is C12H25N3O. The highest BCUT2D eigenvalue weighted by Crippen LogP contribution is 2.17. The van der Waals surface area contributed by atoms with Crippen molar-refractivity contribution in [1.82, 2.24) is 14.7 Å². The number of hydrogen-bond acceptors (Lipinski definition) is 4. The van der Waals surface area contributed by atoms with E-state index < -0.39 is 0 Å². The van der Waals surface area contributed by atoms with E-state index in [1.807, 2.05) is 0 Å². The van der Waals surface area contributed by atoms with Gasteiger partial charge in [-0.15, -0.1) is 0 Å². The number of likely N-dealkylation sites (tertiary alicyclic amines) is 1. The number of rotatable bonds is 4. The lowest BCUT2D eigenvalue weighted by molar-refractivity contribution is 0.135. The van der Waals surface area contributed by atoms with Crippen LogP contribution >= 0.6 is 0 Å². The van der Waals surface area contributed by atoms with Crippen molar-refractivity contribution in [3.05, 3.63) is 0 Å². The second kappa shape index (κ2) is 5.96. The maximum atomic E-state index is 8.91. The van der Waals surface area contributed by atoms with Gasteiger partial charge in [0.25, 0.3) is 0 Å². The summed E-state index contributed by atoms with van der Waals surface area (Å²) in [5.41, 5.74) is 0. The van der Waals surface area contributed by atoms with E-state index in [-0.39, 0.29) is 0 Å². The molecular weight excluding hydrogens is 202 g/mol. The van der Waals surface area contributed by atoms with Gasteiger partial charge in [-0.25, -0.2) is 0 Å². The molecule has 0 aromatic heterocycles. The molecule has 0 saturated carbocycles. The van der Waals surface area contributed by atoms with Crippen molar-refractivity contribution in [2.45, 2.75) is 6.42 Å². The molecule has 0 aromatic rings. The molecule has 0 bridgehead atoms. The Balaban J connectivity index is 1.67. The van der Waals surface area contributed by atoms with Crippen LogP contribution in [0.5, 0.6) is 0 Å². The summed E-state index contributed by atoms with van der Waals surface area (Å²) in [5.74, 6) is 0.829. The molecule has 1 atom stereocenters. The van der Waals surface area contributed by atoms with E-state index in [2.05, 4.69) is 21.7 Å². The van der Waals surface area contributed by atoms with Crippen molar-refractivity contribution in [3.8, 4) is 0 Å². The summed E-state index contributed by atoms with van der Waals surface area (Å²) in [6, 6.07) is 0. The number of likely N-dealkylation sites (N-methyl/N-ethyl adjacent to an activating group) is 1. The highest BCUT2D eigenvalue weighted by molar-refractivity contribution is 4.80. The fraction of sp³-hybridized carbons (Fsp3) is 1.00. The number of piperazine rings is 1. The maximum absolute atomic E-state index is 8.91. The molecule has 16 heavy (non-hydrogen) atoms. The van der Waals surface area contributed by atoms with Crippen LogP contribution in [0.3, 0.4) is 0 Å². The second-order valence-corrected chi connectivity index (χ2v) is 5.28. The average Bonchev–Trinajstić information content (AvgIpc) is 2.70. The van der Waals surface area contributed by atoms with E-state index in [4.69, 9.17) is 5.11 Å². The lowest BCUT2D eigenvalue weighted by Gasteiger charge is -2.33. The lowest BCUT2D eigenvalue weighted by Crippen LogP contribution is -2.46. The zero-order valence-corrected chi connectivity index (χ0v) is 10.4. The van der Waals surface area contributed by atoms with Crippen molar-refractivity contribution >= 4 is 0 Å². The number of aliphatic hydroxyl groups excluding tert-OH is 1. The molecule has 2 heterocycles. The van der Waals surface area contributed by atoms with E-state index in [0.717, 1.165) is 12.5 Å². The normalized spacial score (nSPS) is 30.0. The zero-order valence-electron chi connectivity index (χ0n) is 10.4. The van der Waals surface area contributed by atoms with E-state index in [9.17, 15) is 0 Å². The first-order chi connectivity index (χ1) is 7.78. The van der Waals surface area contributed by atoms with Crippen molar-refractivity contribution in [3.63, 3.8) is 0 Å². The Hall–Kier alpha value is -0.160. The van der Waals surface area contributed by atoms with Gasteiger partial charge in [-0.2, -0.15) is 0 Å². The van der Waals surface area contributed by atoms with Gasteiger partial charge in [-0.1, -0.05) is 0 Å². The molecule has 4 nitrogen and oxygen atoms in total. The van der Waals surface area contributed by atoms with E-state index in [0.29, 0.717) is 6.61 Å². The van der Waals surface area contributed by atoms with Crippen LogP contribution in [0.15, 0.2) is 0 Å². The van der Waals surface area contributed by atoms with Gasteiger partial charge in [0.05, 0.1) is 6.61 Å². The molecule has 2 rings (SSSR count). The van der Waals surface area contributed by atoms with Crippen LogP contribution in [0.1, 0.15) is 6.42 Å². The van der Waals surface area contributed by atoms with Gasteiger partial charge in [-0.05, 0) is 25.9 Å². The third-order valence-corrected chi connectivity index (χ3v) is 3.90. The molecule has 0 amide bonds. The zero-order chi connectivity index (χ0) is 11.4. The standard InChI is InChI=1S/C12H25N3O/c1-13-4-6-15(7-5-13)11-12-2-3-14(10-12)8-9-16/h12,16H,2-11H2,1H3/t12-/m1/s1. The van der Waals surface area contributed by atoms with E-state index in [1.165, 1.54) is 52.2 Å². The summed E-state index contributed by atoms with van der Waals surface area (Å²) in [7, 11) is 2.20. The van der Waals surface area contributed by atoms with Gasteiger partial charge < -0.3 is 19.8 Å². The Morgan fingerprint density at radius 3 is 2.50 bits per heavy atom. The topological polar surface area (TPSA) is 30.0 Å². The van der Waals surface area contributed by atoms with Crippen LogP contribution in [0.4, 0.5) is 0 Å². The Bertz CT molecular complexity index is 204. The molecule has 94 valence electrons. The third-order valence-electron chi connectivity index (χ3n) is 3.90. The lowest BCUT2D eigenvalue weighted by atomic mass is 10.1. The first kappa shape index (κ1) is 12.3. The fourth-order valence-corrected chi connectivity index (χ4v) is 2.80. The van der Waals surface area contributed by atoms with Gasteiger partial charge in [0.15, 0.2) is 0 Å². The van der Waals surface area contributed by atoms with Crippen molar-refractivity contribution in [1.29, 1.82) is 0 Å². The van der Waals surface area contributed by atoms with Crippen LogP contribution in [-0.4, -0.2) is 85.8 Å². The predicted molar refractivity (Wildman–Crippen MR) is 65.6 cm³/mol. The molecule has 0 aromatic carbocycles. The summed E-state index contributed by atoms with van der Waals surface area (Å²) in [5, 5.41) is 8.91. The molecule has 0 radical (unpaired) electrons. The van der Waals surface area contributed by atoms with E-state index in [1.54, 1.807) is 0 Å². The van der Waals surface area contributed by atoms with Crippen LogP contribution in [-0.2, 0) is 0 Å². The summed E-state index contributed by atoms with van der Waals surface area (Å²) >= 11 is 0. The molecule has 2 aliphatic rings. The summed E-state index contributed by atoms with van der Waals surface area (Å²) in [4.78, 5) is 7.40. The molecule has 2 saturated heterocycles. The molecule has 0 spiro atoms. The summed E-state index contributed by atoms with van der Waals surface area (Å²) in [6.45, 7) is 9.68.